The maximum atomic E-state index is 9.23. The minimum Gasteiger partial charge on any atom is -0.454 e. The minimum atomic E-state index is 0.222. The molecule has 1 aromatic rings. The largest absolute Gasteiger partial charge is 0.454 e. The average molecular weight is 264 g/mol. The second-order valence-electron chi connectivity index (χ2n) is 5.16. The van der Waals surface area contributed by atoms with E-state index in [1.165, 1.54) is 0 Å². The van der Waals surface area contributed by atoms with E-state index in [1.807, 2.05) is 12.1 Å². The van der Waals surface area contributed by atoms with E-state index in [-0.39, 0.29) is 6.61 Å². The molecule has 1 saturated heterocycles. The first-order valence-electron chi connectivity index (χ1n) is 6.73. The van der Waals surface area contributed by atoms with Gasteiger partial charge in [0.1, 0.15) is 0 Å². The van der Waals surface area contributed by atoms with Crippen LogP contribution in [0.25, 0.3) is 0 Å². The van der Waals surface area contributed by atoms with Crippen LogP contribution in [0.15, 0.2) is 18.2 Å². The van der Waals surface area contributed by atoms with Gasteiger partial charge in [0, 0.05) is 44.0 Å². The number of benzene rings is 1. The molecule has 19 heavy (non-hydrogen) atoms. The van der Waals surface area contributed by atoms with E-state index in [0.717, 1.165) is 43.2 Å². The fraction of sp³-hybridized carbons (Fsp3) is 0.571. The van der Waals surface area contributed by atoms with Crippen LogP contribution >= 0.6 is 0 Å². The third kappa shape index (κ3) is 2.48. The van der Waals surface area contributed by atoms with Gasteiger partial charge in [-0.2, -0.15) is 0 Å². The van der Waals surface area contributed by atoms with Crippen LogP contribution in [-0.4, -0.2) is 56.1 Å². The normalized spacial score (nSPS) is 22.8. The number of rotatable bonds is 3. The number of likely N-dealkylation sites (N-methyl/N-ethyl adjacent to an activating group) is 1. The molecule has 0 spiro atoms. The summed E-state index contributed by atoms with van der Waals surface area (Å²) in [5, 5.41) is 9.23. The monoisotopic (exact) mass is 264 g/mol. The van der Waals surface area contributed by atoms with Gasteiger partial charge in [-0.05, 0) is 25.6 Å². The van der Waals surface area contributed by atoms with Crippen molar-refractivity contribution >= 4 is 5.69 Å². The molecule has 0 aliphatic carbocycles. The number of piperazine rings is 1. The molecule has 104 valence electrons. The van der Waals surface area contributed by atoms with E-state index in [0.29, 0.717) is 12.8 Å². The lowest BCUT2D eigenvalue weighted by atomic mass is 10.1. The molecule has 0 radical (unpaired) electrons. The fourth-order valence-electron chi connectivity index (χ4n) is 2.81. The molecule has 3 rings (SSSR count). The molecule has 1 aromatic carbocycles. The van der Waals surface area contributed by atoms with E-state index >= 15 is 0 Å². The first-order chi connectivity index (χ1) is 9.28. The average Bonchev–Trinajstić information content (AvgIpc) is 2.86. The van der Waals surface area contributed by atoms with Gasteiger partial charge < -0.3 is 24.4 Å². The van der Waals surface area contributed by atoms with Gasteiger partial charge in [0.15, 0.2) is 11.5 Å². The summed E-state index contributed by atoms with van der Waals surface area (Å²) in [6.07, 6.45) is 0.790. The van der Waals surface area contributed by atoms with Crippen molar-refractivity contribution in [2.24, 2.45) is 0 Å². The van der Waals surface area contributed by atoms with Crippen LogP contribution in [0.3, 0.4) is 0 Å². The molecule has 0 bridgehead atoms. The summed E-state index contributed by atoms with van der Waals surface area (Å²) in [6.45, 7) is 3.52. The van der Waals surface area contributed by atoms with Crippen molar-refractivity contribution in [1.29, 1.82) is 0 Å². The third-order valence-electron chi connectivity index (χ3n) is 3.84. The van der Waals surface area contributed by atoms with Crippen LogP contribution < -0.4 is 14.4 Å². The lowest BCUT2D eigenvalue weighted by Crippen LogP contribution is -2.52. The van der Waals surface area contributed by atoms with Gasteiger partial charge in [-0.15, -0.1) is 0 Å². The molecule has 5 nitrogen and oxygen atoms in total. The van der Waals surface area contributed by atoms with Gasteiger partial charge in [-0.25, -0.2) is 0 Å². The lowest BCUT2D eigenvalue weighted by molar-refractivity contribution is 0.174. The van der Waals surface area contributed by atoms with E-state index < -0.39 is 0 Å². The molecule has 1 fully saturated rings. The van der Waals surface area contributed by atoms with Crippen LogP contribution in [0.4, 0.5) is 5.69 Å². The number of anilines is 1. The number of aliphatic hydroxyl groups is 1. The maximum absolute atomic E-state index is 9.23. The molecule has 2 aliphatic rings. The van der Waals surface area contributed by atoms with Crippen LogP contribution in [-0.2, 0) is 0 Å². The molecular weight excluding hydrogens is 244 g/mol. The number of nitrogens with zero attached hydrogens (tertiary/aromatic N) is 2. The molecular formula is C14H20N2O3. The Morgan fingerprint density at radius 3 is 2.95 bits per heavy atom. The summed E-state index contributed by atoms with van der Waals surface area (Å²) in [7, 11) is 2.13. The Kier molecular flexibility index (Phi) is 3.48. The Bertz CT molecular complexity index is 452. The minimum absolute atomic E-state index is 0.222. The van der Waals surface area contributed by atoms with Crippen LogP contribution in [0.1, 0.15) is 6.42 Å². The SMILES string of the molecule is CN1CCN(c2ccc3c(c2)OCO3)C(CCO)C1. The number of fused-ring (bicyclic) bond motifs is 1. The predicted molar refractivity (Wildman–Crippen MR) is 72.9 cm³/mol. The number of aliphatic hydroxyl groups excluding tert-OH is 1. The number of ether oxygens (including phenoxy) is 2. The van der Waals surface area contributed by atoms with Crippen molar-refractivity contribution in [3.8, 4) is 11.5 Å². The van der Waals surface area contributed by atoms with Gasteiger partial charge in [0.2, 0.25) is 6.79 Å². The maximum Gasteiger partial charge on any atom is 0.231 e. The molecule has 1 atom stereocenters. The van der Waals surface area contributed by atoms with Crippen molar-refractivity contribution in [1.82, 2.24) is 4.90 Å². The van der Waals surface area contributed by atoms with Crippen molar-refractivity contribution in [3.63, 3.8) is 0 Å². The Morgan fingerprint density at radius 1 is 1.26 bits per heavy atom. The zero-order chi connectivity index (χ0) is 13.2. The number of hydrogen-bond acceptors (Lipinski definition) is 5. The summed E-state index contributed by atoms with van der Waals surface area (Å²) in [4.78, 5) is 4.67. The summed E-state index contributed by atoms with van der Waals surface area (Å²) in [5.74, 6) is 1.63. The predicted octanol–water partition coefficient (Wildman–Crippen LogP) is 0.918. The highest BCUT2D eigenvalue weighted by atomic mass is 16.7. The van der Waals surface area contributed by atoms with Crippen LogP contribution in [0, 0.1) is 0 Å². The van der Waals surface area contributed by atoms with Crippen LogP contribution in [0.5, 0.6) is 11.5 Å². The topological polar surface area (TPSA) is 45.2 Å². The Labute approximate surface area is 113 Å². The summed E-state index contributed by atoms with van der Waals surface area (Å²) in [5.41, 5.74) is 1.15. The zero-order valence-electron chi connectivity index (χ0n) is 11.2. The highest BCUT2D eigenvalue weighted by Crippen LogP contribution is 2.36. The Morgan fingerprint density at radius 2 is 2.11 bits per heavy atom. The summed E-state index contributed by atoms with van der Waals surface area (Å²) >= 11 is 0. The molecule has 0 saturated carbocycles. The molecule has 2 aliphatic heterocycles. The Hall–Kier alpha value is -1.46. The smallest absolute Gasteiger partial charge is 0.231 e. The van der Waals surface area contributed by atoms with Gasteiger partial charge in [-0.3, -0.25) is 0 Å². The molecule has 2 heterocycles. The second kappa shape index (κ2) is 5.27. The second-order valence-corrected chi connectivity index (χ2v) is 5.16. The first kappa shape index (κ1) is 12.6. The molecule has 0 aromatic heterocycles. The van der Waals surface area contributed by atoms with Gasteiger partial charge in [-0.1, -0.05) is 0 Å². The first-order valence-corrected chi connectivity index (χ1v) is 6.73. The van der Waals surface area contributed by atoms with E-state index in [1.54, 1.807) is 0 Å². The van der Waals surface area contributed by atoms with Crippen molar-refractivity contribution in [3.05, 3.63) is 18.2 Å². The van der Waals surface area contributed by atoms with Crippen LogP contribution in [0.2, 0.25) is 0 Å². The standard InChI is InChI=1S/C14H20N2O3/c1-15-5-6-16(12(9-15)4-7-17)11-2-3-13-14(8-11)19-10-18-13/h2-3,8,12,17H,4-7,9-10H2,1H3. The highest BCUT2D eigenvalue weighted by molar-refractivity contribution is 5.58. The lowest BCUT2D eigenvalue weighted by Gasteiger charge is -2.41. The molecule has 0 amide bonds. The van der Waals surface area contributed by atoms with Crippen molar-refractivity contribution in [2.75, 3.05) is 45.0 Å². The van der Waals surface area contributed by atoms with Gasteiger partial charge in [0.25, 0.3) is 0 Å². The quantitative estimate of drug-likeness (QED) is 0.879. The van der Waals surface area contributed by atoms with Crippen molar-refractivity contribution < 1.29 is 14.6 Å². The fourth-order valence-corrected chi connectivity index (χ4v) is 2.81. The van der Waals surface area contributed by atoms with Gasteiger partial charge >= 0.3 is 0 Å². The van der Waals surface area contributed by atoms with E-state index in [9.17, 15) is 5.11 Å². The Balaban J connectivity index is 1.82. The highest BCUT2D eigenvalue weighted by Gasteiger charge is 2.26. The van der Waals surface area contributed by atoms with Gasteiger partial charge in [0.05, 0.1) is 0 Å². The third-order valence-corrected chi connectivity index (χ3v) is 3.84. The molecule has 1 N–H and O–H groups in total. The van der Waals surface area contributed by atoms with E-state index in [4.69, 9.17) is 9.47 Å². The summed E-state index contributed by atoms with van der Waals surface area (Å²) < 4.78 is 10.8. The number of hydrogen-bond donors (Lipinski definition) is 1. The zero-order valence-corrected chi connectivity index (χ0v) is 11.2. The van der Waals surface area contributed by atoms with Crippen molar-refractivity contribution in [2.45, 2.75) is 12.5 Å². The van der Waals surface area contributed by atoms with E-state index in [2.05, 4.69) is 22.9 Å². The molecule has 1 unspecified atom stereocenters. The summed E-state index contributed by atoms with van der Waals surface area (Å²) in [6, 6.07) is 6.43. The molecule has 5 heteroatoms.